The van der Waals surface area contributed by atoms with Crippen molar-refractivity contribution < 1.29 is 80.2 Å². The number of esters is 4. The number of carbonyl (C=O) groups excluding carboxylic acids is 4. The van der Waals surface area contributed by atoms with E-state index in [1.165, 1.54) is 122 Å². The third-order valence-electron chi connectivity index (χ3n) is 16.5. The molecule has 0 saturated carbocycles. The number of phosphoric acid groups is 2. The number of phosphoric ester groups is 2. The molecule has 560 valence electrons. The van der Waals surface area contributed by atoms with Gasteiger partial charge in [-0.25, -0.2) is 9.13 Å². The number of allylic oxidation sites excluding steroid dienone is 10. The molecule has 0 aliphatic rings. The van der Waals surface area contributed by atoms with Crippen molar-refractivity contribution >= 4 is 39.5 Å². The normalized spacial score (nSPS) is 14.3. The molecule has 3 N–H and O–H groups in total. The lowest BCUT2D eigenvalue weighted by Gasteiger charge is -2.21. The maximum absolute atomic E-state index is 13.1. The van der Waals surface area contributed by atoms with Crippen LogP contribution in [-0.4, -0.2) is 96.7 Å². The maximum atomic E-state index is 13.1. The quantitative estimate of drug-likeness (QED) is 0.0169. The summed E-state index contributed by atoms with van der Waals surface area (Å²) in [4.78, 5) is 72.8. The van der Waals surface area contributed by atoms with E-state index in [1.54, 1.807) is 0 Å². The molecule has 5 atom stereocenters. The molecule has 19 heteroatoms. The molecule has 0 spiro atoms. The van der Waals surface area contributed by atoms with Crippen LogP contribution < -0.4 is 0 Å². The lowest BCUT2D eigenvalue weighted by Crippen LogP contribution is -2.30. The molecule has 0 aromatic carbocycles. The van der Waals surface area contributed by atoms with Crippen molar-refractivity contribution in [1.82, 2.24) is 0 Å². The van der Waals surface area contributed by atoms with Crippen molar-refractivity contribution in [2.45, 2.75) is 367 Å². The molecule has 17 nitrogen and oxygen atoms in total. The Morgan fingerprint density at radius 3 is 0.854 bits per heavy atom. The van der Waals surface area contributed by atoms with E-state index in [1.807, 2.05) is 0 Å². The van der Waals surface area contributed by atoms with Crippen molar-refractivity contribution in [2.75, 3.05) is 39.6 Å². The minimum atomic E-state index is -4.97. The predicted molar refractivity (Wildman–Crippen MR) is 390 cm³/mol. The fourth-order valence-electron chi connectivity index (χ4n) is 10.6. The minimum absolute atomic E-state index is 0.0975. The summed E-state index contributed by atoms with van der Waals surface area (Å²) in [6.07, 6.45) is 67.8. The zero-order valence-corrected chi connectivity index (χ0v) is 62.8. The summed E-state index contributed by atoms with van der Waals surface area (Å²) in [6, 6.07) is 0. The van der Waals surface area contributed by atoms with Crippen molar-refractivity contribution in [3.05, 3.63) is 60.8 Å². The van der Waals surface area contributed by atoms with E-state index in [2.05, 4.69) is 88.5 Å². The molecule has 0 amide bonds. The van der Waals surface area contributed by atoms with E-state index < -0.39 is 97.5 Å². The van der Waals surface area contributed by atoms with E-state index in [-0.39, 0.29) is 25.7 Å². The fourth-order valence-corrected chi connectivity index (χ4v) is 12.2. The van der Waals surface area contributed by atoms with Crippen LogP contribution in [0.2, 0.25) is 0 Å². The summed E-state index contributed by atoms with van der Waals surface area (Å²) in [5.41, 5.74) is 0. The highest BCUT2D eigenvalue weighted by Crippen LogP contribution is 2.45. The first-order valence-electron chi connectivity index (χ1n) is 38.5. The van der Waals surface area contributed by atoms with Gasteiger partial charge in [0.1, 0.15) is 19.3 Å². The average Bonchev–Trinajstić information content (AvgIpc) is 1.09. The van der Waals surface area contributed by atoms with Crippen LogP contribution in [-0.2, 0) is 65.4 Å². The van der Waals surface area contributed by atoms with E-state index in [4.69, 9.17) is 37.0 Å². The first kappa shape index (κ1) is 92.8. The van der Waals surface area contributed by atoms with Crippen LogP contribution in [0.1, 0.15) is 349 Å². The summed E-state index contributed by atoms with van der Waals surface area (Å²) in [7, 11) is -9.94. The highest BCUT2D eigenvalue weighted by molar-refractivity contribution is 7.47. The number of aliphatic hydroxyl groups is 1. The molecular weight excluding hydrogens is 1260 g/mol. The largest absolute Gasteiger partial charge is 0.472 e. The predicted octanol–water partition coefficient (Wildman–Crippen LogP) is 21.9. The molecule has 0 fully saturated rings. The van der Waals surface area contributed by atoms with Crippen LogP contribution in [0.5, 0.6) is 0 Å². The van der Waals surface area contributed by atoms with Crippen LogP contribution in [0.3, 0.4) is 0 Å². The van der Waals surface area contributed by atoms with E-state index in [0.717, 1.165) is 148 Å². The molecule has 0 aliphatic carbocycles. The van der Waals surface area contributed by atoms with E-state index in [9.17, 15) is 43.2 Å². The second kappa shape index (κ2) is 70.2. The molecule has 0 aromatic heterocycles. The lowest BCUT2D eigenvalue weighted by atomic mass is 10.0. The Hall–Kier alpha value is -3.24. The van der Waals surface area contributed by atoms with Crippen LogP contribution in [0.25, 0.3) is 0 Å². The molecule has 0 radical (unpaired) electrons. The summed E-state index contributed by atoms with van der Waals surface area (Å²) in [6.45, 7) is 4.75. The van der Waals surface area contributed by atoms with Gasteiger partial charge in [0.2, 0.25) is 0 Å². The van der Waals surface area contributed by atoms with Gasteiger partial charge in [0.05, 0.1) is 26.4 Å². The number of hydrogen-bond donors (Lipinski definition) is 3. The molecule has 0 heterocycles. The summed E-state index contributed by atoms with van der Waals surface area (Å²) in [5.74, 6) is -2.18. The van der Waals surface area contributed by atoms with Crippen LogP contribution in [0.4, 0.5) is 0 Å². The number of hydrogen-bond acceptors (Lipinski definition) is 15. The van der Waals surface area contributed by atoms with Gasteiger partial charge in [0, 0.05) is 25.7 Å². The fraction of sp³-hybridized carbons (Fsp3) is 0.818. The van der Waals surface area contributed by atoms with Crippen molar-refractivity contribution in [3.63, 3.8) is 0 Å². The first-order chi connectivity index (χ1) is 46.7. The van der Waals surface area contributed by atoms with Crippen molar-refractivity contribution in [1.29, 1.82) is 0 Å². The molecule has 0 saturated heterocycles. The average molecular weight is 1400 g/mol. The van der Waals surface area contributed by atoms with Gasteiger partial charge in [-0.1, -0.05) is 294 Å². The Labute approximate surface area is 584 Å². The highest BCUT2D eigenvalue weighted by Gasteiger charge is 2.30. The second-order valence-electron chi connectivity index (χ2n) is 25.9. The Morgan fingerprint density at radius 1 is 0.302 bits per heavy atom. The molecule has 0 aromatic rings. The van der Waals surface area contributed by atoms with Gasteiger partial charge in [-0.3, -0.25) is 37.3 Å². The Balaban J connectivity index is 5.31. The van der Waals surface area contributed by atoms with Crippen LogP contribution in [0, 0.1) is 0 Å². The number of rotatable bonds is 73. The number of aliphatic hydroxyl groups excluding tert-OH is 1. The third-order valence-corrected chi connectivity index (χ3v) is 18.4. The first-order valence-corrected chi connectivity index (χ1v) is 41.5. The SMILES string of the molecule is CC/C=C\C/C=C\C/C=C\CCCCCCCC(=O)OCC(COP(=O)(O)OCC(O)COP(=O)(O)OCC(COC(=O)CCCCCCC/C=C\C/C=C\CCCCC)OC(=O)CCCCCCCCCCCCC)OC(=O)CCCCCCCCCCCCCCCCC. The Morgan fingerprint density at radius 2 is 0.542 bits per heavy atom. The third kappa shape index (κ3) is 69.2. The van der Waals surface area contributed by atoms with Crippen LogP contribution >= 0.6 is 15.6 Å². The Kier molecular flexibility index (Phi) is 67.8. The van der Waals surface area contributed by atoms with Gasteiger partial charge in [0.15, 0.2) is 12.2 Å². The Bertz CT molecular complexity index is 2060. The van der Waals surface area contributed by atoms with Gasteiger partial charge >= 0.3 is 39.5 Å². The number of carbonyl (C=O) groups is 4. The highest BCUT2D eigenvalue weighted by atomic mass is 31.2. The summed E-state index contributed by atoms with van der Waals surface area (Å²) < 4.78 is 68.5. The molecule has 0 aliphatic heterocycles. The van der Waals surface area contributed by atoms with Gasteiger partial charge in [-0.2, -0.15) is 0 Å². The second-order valence-corrected chi connectivity index (χ2v) is 28.8. The number of ether oxygens (including phenoxy) is 4. The molecule has 5 unspecified atom stereocenters. The van der Waals surface area contributed by atoms with Gasteiger partial charge < -0.3 is 33.8 Å². The zero-order chi connectivity index (χ0) is 70.4. The lowest BCUT2D eigenvalue weighted by molar-refractivity contribution is -0.161. The van der Waals surface area contributed by atoms with Gasteiger partial charge in [-0.15, -0.1) is 0 Å². The molecular formula is C77H140O17P2. The molecule has 0 bridgehead atoms. The number of unbranched alkanes of at least 4 members (excludes halogenated alkanes) is 37. The van der Waals surface area contributed by atoms with Gasteiger partial charge in [-0.05, 0) is 89.9 Å². The monoisotopic (exact) mass is 1400 g/mol. The topological polar surface area (TPSA) is 237 Å². The zero-order valence-electron chi connectivity index (χ0n) is 61.1. The van der Waals surface area contributed by atoms with Crippen molar-refractivity contribution in [3.8, 4) is 0 Å². The van der Waals surface area contributed by atoms with Gasteiger partial charge in [0.25, 0.3) is 0 Å². The smallest absolute Gasteiger partial charge is 0.462 e. The van der Waals surface area contributed by atoms with Crippen molar-refractivity contribution in [2.24, 2.45) is 0 Å². The maximum Gasteiger partial charge on any atom is 0.472 e. The standard InChI is InChI=1S/C77H140O17P2/c1-5-9-13-17-21-25-29-32-35-38-42-45-49-53-57-61-74(79)87-67-72(93-76(81)63-59-55-51-47-41-28-24-20-16-12-8-4)69-91-95(83,84)89-65-71(78)66-90-96(85,86)92-70-73(94-77(82)64-60-56-52-48-44-40-37-34-31-27-23-19-15-11-7-3)68-88-75(80)62-58-54-50-46-43-39-36-33-30-26-22-18-14-10-6-2/h10,14,21-22,25-26,32-33,35-36,71-73,78H,5-9,11-13,15-20,23-24,27-31,34,37-70H2,1-4H3,(H,83,84)(H,85,86)/b14-10-,25-21-,26-22-,35-32-,36-33-. The van der Waals surface area contributed by atoms with E-state index in [0.29, 0.717) is 25.7 Å². The summed E-state index contributed by atoms with van der Waals surface area (Å²) >= 11 is 0. The molecule has 0 rings (SSSR count). The molecule has 96 heavy (non-hydrogen) atoms. The van der Waals surface area contributed by atoms with E-state index >= 15 is 0 Å². The summed E-state index contributed by atoms with van der Waals surface area (Å²) in [5, 5.41) is 10.6. The minimum Gasteiger partial charge on any atom is -0.462 e. The van der Waals surface area contributed by atoms with Crippen LogP contribution in [0.15, 0.2) is 60.8 Å².